The molecule has 12 heavy (non-hydrogen) atoms. The Labute approximate surface area is 77.9 Å². The van der Waals surface area contributed by atoms with Crippen LogP contribution in [0.25, 0.3) is 0 Å². The van der Waals surface area contributed by atoms with Gasteiger partial charge < -0.3 is 5.73 Å². The molecule has 0 bridgehead atoms. The summed E-state index contributed by atoms with van der Waals surface area (Å²) >= 11 is 0. The first kappa shape index (κ1) is 10.9. The molecule has 0 saturated carbocycles. The van der Waals surface area contributed by atoms with E-state index in [1.807, 2.05) is 19.9 Å². The van der Waals surface area contributed by atoms with Crippen LogP contribution in [0.15, 0.2) is 12.3 Å². The number of nitrogens with zero attached hydrogens (tertiary/aromatic N) is 1. The largest absolute Gasteiger partial charge is 0.384 e. The van der Waals surface area contributed by atoms with E-state index in [2.05, 4.69) is 4.98 Å². The Bertz CT molecular complexity index is 296. The molecule has 0 aromatic carbocycles. The Hall–Kier alpha value is -1.09. The third kappa shape index (κ3) is 2.20. The van der Waals surface area contributed by atoms with Gasteiger partial charge in [-0.3, -0.25) is 10.4 Å². The molecule has 0 unspecified atom stereocenters. The third-order valence-electron chi connectivity index (χ3n) is 1.65. The normalized spacial score (nSPS) is 8.83. The summed E-state index contributed by atoms with van der Waals surface area (Å²) in [6.07, 6.45) is 1.62. The second kappa shape index (κ2) is 4.07. The molecular formula is C8H12ClN3. The standard InChI is InChI=1S/C8H11N3.ClH/c1-5-3-7(8(9)10)4-11-6(5)2;/h3-4H,1-2H3,(H3,9,10);1H. The molecule has 0 aliphatic rings. The Morgan fingerprint density at radius 2 is 2.08 bits per heavy atom. The highest BCUT2D eigenvalue weighted by Crippen LogP contribution is 2.04. The van der Waals surface area contributed by atoms with Gasteiger partial charge in [-0.15, -0.1) is 12.4 Å². The fourth-order valence-corrected chi connectivity index (χ4v) is 0.790. The average Bonchev–Trinajstić information content (AvgIpc) is 1.94. The zero-order chi connectivity index (χ0) is 8.43. The van der Waals surface area contributed by atoms with Crippen molar-refractivity contribution < 1.29 is 0 Å². The number of nitrogens with one attached hydrogen (secondary N) is 1. The number of hydrogen-bond acceptors (Lipinski definition) is 2. The molecule has 1 heterocycles. The van der Waals surface area contributed by atoms with E-state index in [1.165, 1.54) is 0 Å². The monoisotopic (exact) mass is 185 g/mol. The van der Waals surface area contributed by atoms with Crippen LogP contribution in [0.4, 0.5) is 0 Å². The van der Waals surface area contributed by atoms with Crippen molar-refractivity contribution in [1.82, 2.24) is 4.98 Å². The maximum Gasteiger partial charge on any atom is 0.124 e. The fourth-order valence-electron chi connectivity index (χ4n) is 0.790. The lowest BCUT2D eigenvalue weighted by atomic mass is 10.1. The molecule has 3 nitrogen and oxygen atoms in total. The topological polar surface area (TPSA) is 62.8 Å². The summed E-state index contributed by atoms with van der Waals surface area (Å²) in [5, 5.41) is 7.14. The molecule has 0 amide bonds. The first-order chi connectivity index (χ1) is 5.11. The molecule has 0 spiro atoms. The Kier molecular flexibility index (Phi) is 3.70. The zero-order valence-corrected chi connectivity index (χ0v) is 7.90. The second-order valence-corrected chi connectivity index (χ2v) is 2.54. The van der Waals surface area contributed by atoms with Crippen LogP contribution >= 0.6 is 12.4 Å². The van der Waals surface area contributed by atoms with Gasteiger partial charge in [0.2, 0.25) is 0 Å². The van der Waals surface area contributed by atoms with E-state index >= 15 is 0 Å². The maximum atomic E-state index is 7.14. The Morgan fingerprint density at radius 3 is 2.50 bits per heavy atom. The van der Waals surface area contributed by atoms with Crippen LogP contribution in [0.1, 0.15) is 16.8 Å². The molecule has 66 valence electrons. The second-order valence-electron chi connectivity index (χ2n) is 2.54. The van der Waals surface area contributed by atoms with E-state index in [0.29, 0.717) is 5.56 Å². The average molecular weight is 186 g/mol. The molecule has 1 aromatic rings. The summed E-state index contributed by atoms with van der Waals surface area (Å²) in [5.74, 6) is 0.0700. The molecule has 1 rings (SSSR count). The summed E-state index contributed by atoms with van der Waals surface area (Å²) in [4.78, 5) is 4.08. The smallest absolute Gasteiger partial charge is 0.124 e. The first-order valence-corrected chi connectivity index (χ1v) is 3.39. The van der Waals surface area contributed by atoms with E-state index in [9.17, 15) is 0 Å². The number of aromatic nitrogens is 1. The van der Waals surface area contributed by atoms with Crippen LogP contribution < -0.4 is 5.73 Å². The first-order valence-electron chi connectivity index (χ1n) is 3.39. The van der Waals surface area contributed by atoms with Crippen LogP contribution in [-0.4, -0.2) is 10.8 Å². The van der Waals surface area contributed by atoms with Gasteiger partial charge in [-0.25, -0.2) is 0 Å². The molecule has 4 heteroatoms. The van der Waals surface area contributed by atoms with Gasteiger partial charge in [-0.05, 0) is 25.5 Å². The van der Waals surface area contributed by atoms with Crippen molar-refractivity contribution in [2.75, 3.05) is 0 Å². The lowest BCUT2D eigenvalue weighted by Gasteiger charge is -2.01. The quantitative estimate of drug-likeness (QED) is 0.513. The Balaban J connectivity index is 0.00000121. The van der Waals surface area contributed by atoms with Crippen molar-refractivity contribution >= 4 is 18.2 Å². The zero-order valence-electron chi connectivity index (χ0n) is 7.09. The molecule has 0 radical (unpaired) electrons. The number of pyridine rings is 1. The summed E-state index contributed by atoms with van der Waals surface area (Å²) in [6.45, 7) is 3.88. The predicted molar refractivity (Wildman–Crippen MR) is 52.0 cm³/mol. The van der Waals surface area contributed by atoms with E-state index in [1.54, 1.807) is 6.20 Å². The molecule has 0 atom stereocenters. The lowest BCUT2D eigenvalue weighted by Crippen LogP contribution is -2.11. The van der Waals surface area contributed by atoms with Crippen molar-refractivity contribution in [3.05, 3.63) is 29.1 Å². The summed E-state index contributed by atoms with van der Waals surface area (Å²) in [6, 6.07) is 1.87. The molecule has 0 saturated heterocycles. The van der Waals surface area contributed by atoms with Gasteiger partial charge in [-0.1, -0.05) is 0 Å². The van der Waals surface area contributed by atoms with Gasteiger partial charge >= 0.3 is 0 Å². The van der Waals surface area contributed by atoms with Gasteiger partial charge in [-0.2, -0.15) is 0 Å². The third-order valence-corrected chi connectivity index (χ3v) is 1.65. The minimum Gasteiger partial charge on any atom is -0.384 e. The van der Waals surface area contributed by atoms with Crippen molar-refractivity contribution in [3.63, 3.8) is 0 Å². The number of amidine groups is 1. The Morgan fingerprint density at radius 1 is 1.50 bits per heavy atom. The van der Waals surface area contributed by atoms with Gasteiger partial charge in [0.25, 0.3) is 0 Å². The number of aryl methyl sites for hydroxylation is 2. The van der Waals surface area contributed by atoms with Crippen molar-refractivity contribution in [2.24, 2.45) is 5.73 Å². The summed E-state index contributed by atoms with van der Waals surface area (Å²) in [7, 11) is 0. The number of halogens is 1. The van der Waals surface area contributed by atoms with Crippen LogP contribution in [0, 0.1) is 19.3 Å². The lowest BCUT2D eigenvalue weighted by molar-refractivity contribution is 1.14. The molecule has 0 aliphatic carbocycles. The molecular weight excluding hydrogens is 174 g/mol. The maximum absolute atomic E-state index is 7.14. The van der Waals surface area contributed by atoms with Gasteiger partial charge in [0.1, 0.15) is 5.84 Å². The number of nitrogens with two attached hydrogens (primary N) is 1. The highest BCUT2D eigenvalue weighted by Gasteiger charge is 1.98. The van der Waals surface area contributed by atoms with E-state index < -0.39 is 0 Å². The highest BCUT2D eigenvalue weighted by atomic mass is 35.5. The van der Waals surface area contributed by atoms with Gasteiger partial charge in [0, 0.05) is 17.5 Å². The molecule has 0 aliphatic heterocycles. The van der Waals surface area contributed by atoms with Crippen LogP contribution in [0.3, 0.4) is 0 Å². The highest BCUT2D eigenvalue weighted by molar-refractivity contribution is 5.94. The van der Waals surface area contributed by atoms with Gasteiger partial charge in [0.15, 0.2) is 0 Å². The SMILES string of the molecule is Cc1cc(C(=N)N)cnc1C.Cl. The van der Waals surface area contributed by atoms with Crippen LogP contribution in [0.2, 0.25) is 0 Å². The fraction of sp³-hybridized carbons (Fsp3) is 0.250. The van der Waals surface area contributed by atoms with E-state index in [-0.39, 0.29) is 18.2 Å². The minimum absolute atomic E-state index is 0. The van der Waals surface area contributed by atoms with E-state index in [0.717, 1.165) is 11.3 Å². The van der Waals surface area contributed by atoms with Crippen molar-refractivity contribution in [1.29, 1.82) is 5.41 Å². The van der Waals surface area contributed by atoms with Crippen molar-refractivity contribution in [2.45, 2.75) is 13.8 Å². The summed E-state index contributed by atoms with van der Waals surface area (Å²) < 4.78 is 0. The molecule has 0 fully saturated rings. The van der Waals surface area contributed by atoms with Crippen LogP contribution in [-0.2, 0) is 0 Å². The van der Waals surface area contributed by atoms with Crippen LogP contribution in [0.5, 0.6) is 0 Å². The summed E-state index contributed by atoms with van der Waals surface area (Å²) in [5.41, 5.74) is 8.01. The molecule has 1 aromatic heterocycles. The van der Waals surface area contributed by atoms with Gasteiger partial charge in [0.05, 0.1) is 0 Å². The number of nitrogen functional groups attached to an aromatic ring is 1. The van der Waals surface area contributed by atoms with E-state index in [4.69, 9.17) is 11.1 Å². The minimum atomic E-state index is 0. The number of hydrogen-bond donors (Lipinski definition) is 2. The van der Waals surface area contributed by atoms with Crippen molar-refractivity contribution in [3.8, 4) is 0 Å². The predicted octanol–water partition coefficient (Wildman–Crippen LogP) is 1.40. The number of rotatable bonds is 1. The molecule has 3 N–H and O–H groups in total.